The van der Waals surface area contributed by atoms with Crippen LogP contribution >= 0.6 is 11.6 Å². The van der Waals surface area contributed by atoms with Gasteiger partial charge in [0, 0.05) is 18.8 Å². The molecule has 0 spiro atoms. The fourth-order valence-electron chi connectivity index (χ4n) is 2.65. The van der Waals surface area contributed by atoms with Gasteiger partial charge in [-0.15, -0.1) is 0 Å². The van der Waals surface area contributed by atoms with Crippen LogP contribution in [0, 0.1) is 0 Å². The van der Waals surface area contributed by atoms with Crippen molar-refractivity contribution in [2.45, 2.75) is 6.42 Å². The van der Waals surface area contributed by atoms with Crippen LogP contribution in [0.25, 0.3) is 0 Å². The molecule has 0 aromatic heterocycles. The monoisotopic (exact) mass is 358 g/mol. The zero-order valence-electron chi connectivity index (χ0n) is 13.7. The number of carbonyl (C=O) groups is 2. The highest BCUT2D eigenvalue weighted by atomic mass is 35.5. The molecule has 0 atom stereocenters. The minimum absolute atomic E-state index is 0.0937. The molecule has 2 aromatic rings. The summed E-state index contributed by atoms with van der Waals surface area (Å²) in [5.41, 5.74) is 2.00. The molecule has 0 saturated carbocycles. The number of benzene rings is 2. The van der Waals surface area contributed by atoms with Gasteiger partial charge in [-0.25, -0.2) is 0 Å². The maximum absolute atomic E-state index is 12.2. The average Bonchev–Trinajstić information content (AvgIpc) is 2.64. The van der Waals surface area contributed by atoms with E-state index in [0.717, 1.165) is 5.56 Å². The predicted octanol–water partition coefficient (Wildman–Crippen LogP) is 2.99. The van der Waals surface area contributed by atoms with Crippen molar-refractivity contribution in [3.63, 3.8) is 0 Å². The second kappa shape index (κ2) is 8.14. The van der Waals surface area contributed by atoms with Crippen LogP contribution in [0.3, 0.4) is 0 Å². The first kappa shape index (κ1) is 17.5. The van der Waals surface area contributed by atoms with Crippen LogP contribution in [0.2, 0.25) is 5.02 Å². The van der Waals surface area contributed by atoms with Crippen LogP contribution in [-0.2, 0) is 16.0 Å². The smallest absolute Gasteiger partial charge is 0.257 e. The first-order valence-electron chi connectivity index (χ1n) is 8.14. The number of nitrogens with one attached hydrogen (secondary N) is 1. The van der Waals surface area contributed by atoms with Crippen molar-refractivity contribution in [2.24, 2.45) is 0 Å². The van der Waals surface area contributed by atoms with E-state index in [1.165, 1.54) is 0 Å². The Kier molecular flexibility index (Phi) is 5.68. The summed E-state index contributed by atoms with van der Waals surface area (Å²) in [5.74, 6) is -0.168. The third-order valence-corrected chi connectivity index (χ3v) is 4.38. The Labute approximate surface area is 151 Å². The van der Waals surface area contributed by atoms with E-state index in [-0.39, 0.29) is 11.8 Å². The molecule has 1 saturated heterocycles. The van der Waals surface area contributed by atoms with Crippen molar-refractivity contribution in [1.82, 2.24) is 4.90 Å². The van der Waals surface area contributed by atoms with E-state index in [1.807, 2.05) is 17.0 Å². The molecule has 2 aromatic carbocycles. The van der Waals surface area contributed by atoms with E-state index < -0.39 is 0 Å². The van der Waals surface area contributed by atoms with E-state index in [1.54, 1.807) is 36.4 Å². The van der Waals surface area contributed by atoms with Gasteiger partial charge in [0.25, 0.3) is 5.91 Å². The fraction of sp³-hybridized carbons (Fsp3) is 0.263. The molecule has 1 aliphatic rings. The first-order valence-corrected chi connectivity index (χ1v) is 8.51. The zero-order valence-corrected chi connectivity index (χ0v) is 14.5. The number of halogens is 1. The van der Waals surface area contributed by atoms with Gasteiger partial charge in [0.05, 0.1) is 30.2 Å². The molecule has 6 heteroatoms. The van der Waals surface area contributed by atoms with Gasteiger partial charge in [-0.05, 0) is 29.8 Å². The van der Waals surface area contributed by atoms with E-state index in [4.69, 9.17) is 16.3 Å². The summed E-state index contributed by atoms with van der Waals surface area (Å²) < 4.78 is 5.25. The average molecular weight is 359 g/mol. The van der Waals surface area contributed by atoms with Gasteiger partial charge < -0.3 is 15.0 Å². The van der Waals surface area contributed by atoms with Gasteiger partial charge >= 0.3 is 0 Å². The first-order chi connectivity index (χ1) is 12.1. The lowest BCUT2D eigenvalue weighted by atomic mass is 10.1. The van der Waals surface area contributed by atoms with Crippen molar-refractivity contribution in [2.75, 3.05) is 31.6 Å². The van der Waals surface area contributed by atoms with Crippen LogP contribution < -0.4 is 5.32 Å². The summed E-state index contributed by atoms with van der Waals surface area (Å²) in [6.07, 6.45) is 0.346. The highest BCUT2D eigenvalue weighted by molar-refractivity contribution is 6.34. The molecular weight excluding hydrogens is 340 g/mol. The van der Waals surface area contributed by atoms with Gasteiger partial charge in [0.1, 0.15) is 0 Å². The molecule has 1 aliphatic heterocycles. The molecule has 1 fully saturated rings. The third-order valence-electron chi connectivity index (χ3n) is 4.05. The number of rotatable bonds is 4. The van der Waals surface area contributed by atoms with E-state index in [9.17, 15) is 9.59 Å². The van der Waals surface area contributed by atoms with Crippen molar-refractivity contribution >= 4 is 29.1 Å². The maximum atomic E-state index is 12.2. The Hall–Kier alpha value is -2.37. The summed E-state index contributed by atoms with van der Waals surface area (Å²) in [5, 5.41) is 3.22. The predicted molar refractivity (Wildman–Crippen MR) is 97.0 cm³/mol. The van der Waals surface area contributed by atoms with Gasteiger partial charge in [-0.2, -0.15) is 0 Å². The van der Waals surface area contributed by atoms with Crippen molar-refractivity contribution in [3.05, 3.63) is 64.7 Å². The zero-order chi connectivity index (χ0) is 17.6. The number of hydrogen-bond donors (Lipinski definition) is 1. The Morgan fingerprint density at radius 2 is 1.72 bits per heavy atom. The third kappa shape index (κ3) is 4.59. The number of ether oxygens (including phenoxy) is 1. The SMILES string of the molecule is O=C(Nc1ccc(CC(=O)N2CCOCC2)cc1)c1ccccc1Cl. The molecule has 1 heterocycles. The molecule has 0 radical (unpaired) electrons. The highest BCUT2D eigenvalue weighted by Gasteiger charge is 2.17. The number of amides is 2. The van der Waals surface area contributed by atoms with Crippen LogP contribution in [-0.4, -0.2) is 43.0 Å². The standard InChI is InChI=1S/C19H19ClN2O3/c20-17-4-2-1-3-16(17)19(24)21-15-7-5-14(6-8-15)13-18(23)22-9-11-25-12-10-22/h1-8H,9-13H2,(H,21,24). The van der Waals surface area contributed by atoms with Crippen LogP contribution in [0.15, 0.2) is 48.5 Å². The van der Waals surface area contributed by atoms with Crippen LogP contribution in [0.1, 0.15) is 15.9 Å². The second-order valence-corrected chi connectivity index (χ2v) is 6.21. The molecule has 0 bridgehead atoms. The van der Waals surface area contributed by atoms with Crippen LogP contribution in [0.4, 0.5) is 5.69 Å². The lowest BCUT2D eigenvalue weighted by Crippen LogP contribution is -2.41. The normalized spacial score (nSPS) is 14.2. The van der Waals surface area contributed by atoms with Crippen molar-refractivity contribution < 1.29 is 14.3 Å². The number of carbonyl (C=O) groups excluding carboxylic acids is 2. The van der Waals surface area contributed by atoms with Gasteiger partial charge in [-0.1, -0.05) is 35.9 Å². The number of morpholine rings is 1. The Balaban J connectivity index is 1.59. The summed E-state index contributed by atoms with van der Waals surface area (Å²) in [4.78, 5) is 26.3. The van der Waals surface area contributed by atoms with E-state index >= 15 is 0 Å². The van der Waals surface area contributed by atoms with E-state index in [2.05, 4.69) is 5.32 Å². The molecule has 5 nitrogen and oxygen atoms in total. The van der Waals surface area contributed by atoms with Crippen LogP contribution in [0.5, 0.6) is 0 Å². The van der Waals surface area contributed by atoms with Gasteiger partial charge in [-0.3, -0.25) is 9.59 Å². The largest absolute Gasteiger partial charge is 0.378 e. The van der Waals surface area contributed by atoms with Crippen molar-refractivity contribution in [1.29, 1.82) is 0 Å². The summed E-state index contributed by atoms with van der Waals surface area (Å²) in [6.45, 7) is 2.48. The minimum atomic E-state index is -0.261. The molecule has 0 unspecified atom stereocenters. The Morgan fingerprint density at radius 3 is 2.40 bits per heavy atom. The molecular formula is C19H19ClN2O3. The number of anilines is 1. The van der Waals surface area contributed by atoms with Gasteiger partial charge in [0.15, 0.2) is 0 Å². The molecule has 2 amide bonds. The Bertz CT molecular complexity index is 756. The lowest BCUT2D eigenvalue weighted by Gasteiger charge is -2.26. The highest BCUT2D eigenvalue weighted by Crippen LogP contribution is 2.18. The summed E-state index contributed by atoms with van der Waals surface area (Å²) in [7, 11) is 0. The number of hydrogen-bond acceptors (Lipinski definition) is 3. The fourth-order valence-corrected chi connectivity index (χ4v) is 2.87. The summed E-state index contributed by atoms with van der Waals surface area (Å²) in [6, 6.07) is 14.2. The number of nitrogens with zero attached hydrogens (tertiary/aromatic N) is 1. The lowest BCUT2D eigenvalue weighted by molar-refractivity contribution is -0.134. The quantitative estimate of drug-likeness (QED) is 0.914. The maximum Gasteiger partial charge on any atom is 0.257 e. The molecule has 25 heavy (non-hydrogen) atoms. The molecule has 130 valence electrons. The Morgan fingerprint density at radius 1 is 1.04 bits per heavy atom. The molecule has 0 aliphatic carbocycles. The van der Waals surface area contributed by atoms with Crippen molar-refractivity contribution in [3.8, 4) is 0 Å². The van der Waals surface area contributed by atoms with E-state index in [0.29, 0.717) is 49.0 Å². The summed E-state index contributed by atoms with van der Waals surface area (Å²) >= 11 is 6.03. The molecule has 1 N–H and O–H groups in total. The minimum Gasteiger partial charge on any atom is -0.378 e. The molecule has 3 rings (SSSR count). The topological polar surface area (TPSA) is 58.6 Å². The van der Waals surface area contributed by atoms with Gasteiger partial charge in [0.2, 0.25) is 5.91 Å². The second-order valence-electron chi connectivity index (χ2n) is 5.80.